The predicted molar refractivity (Wildman–Crippen MR) is 294 cm³/mol. The fourth-order valence-electron chi connectivity index (χ4n) is 14.4. The van der Waals surface area contributed by atoms with Crippen molar-refractivity contribution >= 4 is 68.0 Å². The molecule has 16 atom stereocenters. The summed E-state index contributed by atoms with van der Waals surface area (Å²) in [5, 5.41) is 22.6. The standard InChI is InChI=1S/C14H16N4O4.C14H15N3O5.C14H15N3O4S.C11H12N4O4/c1-14(2)21-8-7-5-17-4-3-6-10(15)16-13(19)18(11(6)17)12(20-7)9(8)22-14;1-14(2)21-8-7-5-16-4-3-6-10(18)15-13(19)17(11(6)16)12(20-7)9(8)22-14;1-14(2)20-8-7-5-16-4-3-6-10(22)15-13(18)17(11(6)16)12(19-7)9(8)21-14;12-8-4-1-2-14-3-5-6(16)7(17)10(19-5)15(9(4)14)11(18)13-8/h3-4,7-9,12H,5H2,1-2H3,(H2,15,16,19);3-4,7-9,12H,5H2,1-2H3,(H,15,18,19);3-4,7-9,12H,5H2,1-2H3,(H,15,18,22);1-2,5-7,10,16-17H,3H2,(H2,12,13,18). The minimum absolute atomic E-state index is 0.153. The topological polar surface area (TPSA) is 367 Å². The molecule has 8 N–H and O–H groups in total. The normalized spacial score (nSPS) is 34.4. The first-order valence-electron chi connectivity index (χ1n) is 27.9. The Balaban J connectivity index is 0.0000000924. The fourth-order valence-corrected chi connectivity index (χ4v) is 14.6. The maximum Gasteiger partial charge on any atom is 0.353 e. The Kier molecular flexibility index (Phi) is 11.3. The van der Waals surface area contributed by atoms with Crippen LogP contribution in [-0.2, 0) is 73.5 Å². The van der Waals surface area contributed by atoms with Crippen molar-refractivity contribution in [3.63, 3.8) is 0 Å². The van der Waals surface area contributed by atoms with Crippen LogP contribution in [0.1, 0.15) is 66.5 Å². The van der Waals surface area contributed by atoms with Gasteiger partial charge in [0, 0.05) is 24.8 Å². The molecule has 7 saturated heterocycles. The van der Waals surface area contributed by atoms with Gasteiger partial charge in [0.25, 0.3) is 5.56 Å². The van der Waals surface area contributed by atoms with Crippen molar-refractivity contribution in [1.29, 1.82) is 0 Å². The van der Waals surface area contributed by atoms with Crippen LogP contribution >= 0.6 is 12.2 Å². The number of nitrogens with zero attached hydrogens (tertiary/aromatic N) is 10. The van der Waals surface area contributed by atoms with Gasteiger partial charge in [-0.3, -0.25) is 14.8 Å². The van der Waals surface area contributed by atoms with Crippen molar-refractivity contribution in [3.8, 4) is 0 Å². The second-order valence-corrected chi connectivity index (χ2v) is 24.7. The Morgan fingerprint density at radius 1 is 0.471 bits per heavy atom. The third kappa shape index (κ3) is 7.80. The predicted octanol–water partition coefficient (Wildman–Crippen LogP) is -0.162. The maximum atomic E-state index is 12.5. The van der Waals surface area contributed by atoms with Crippen molar-refractivity contribution in [2.24, 2.45) is 0 Å². The van der Waals surface area contributed by atoms with E-state index in [0.717, 1.165) is 22.1 Å². The van der Waals surface area contributed by atoms with Gasteiger partial charge in [0.2, 0.25) is 0 Å². The van der Waals surface area contributed by atoms with Crippen molar-refractivity contribution in [2.45, 2.75) is 183 Å². The van der Waals surface area contributed by atoms with Crippen LogP contribution in [0.2, 0.25) is 0 Å². The van der Waals surface area contributed by atoms with E-state index in [-0.39, 0.29) is 77.8 Å². The van der Waals surface area contributed by atoms with E-state index < -0.39 is 77.7 Å². The smallest absolute Gasteiger partial charge is 0.353 e. The quantitative estimate of drug-likeness (QED) is 0.107. The van der Waals surface area contributed by atoms with Crippen LogP contribution in [0.4, 0.5) is 11.6 Å². The molecule has 0 aromatic carbocycles. The van der Waals surface area contributed by atoms with Gasteiger partial charge < -0.3 is 87.3 Å². The summed E-state index contributed by atoms with van der Waals surface area (Å²) in [6.45, 7) is 13.3. The zero-order valence-corrected chi connectivity index (χ0v) is 47.1. The van der Waals surface area contributed by atoms with Crippen LogP contribution in [0.15, 0.2) is 73.0 Å². The highest BCUT2D eigenvalue weighted by Gasteiger charge is 2.60. The molecule has 0 amide bonds. The molecule has 448 valence electrons. The van der Waals surface area contributed by atoms with Crippen molar-refractivity contribution in [3.05, 3.63) is 106 Å². The molecule has 16 unspecified atom stereocenters. The van der Waals surface area contributed by atoms with Gasteiger partial charge >= 0.3 is 22.8 Å². The number of nitrogen functional groups attached to an aromatic ring is 2. The van der Waals surface area contributed by atoms with E-state index >= 15 is 0 Å². The van der Waals surface area contributed by atoms with Gasteiger partial charge in [-0.05, 0) is 65.8 Å². The van der Waals surface area contributed by atoms with E-state index in [4.69, 9.17) is 71.1 Å². The van der Waals surface area contributed by atoms with Gasteiger partial charge in [0.1, 0.15) is 112 Å². The van der Waals surface area contributed by atoms with Crippen LogP contribution in [0.5, 0.6) is 0 Å². The SMILES string of the molecule is CC1(C)OC2C3Cn4ccc5c(=O)[nH]c(=O)n(c54)C(O3)C2O1.CC1(C)OC2C3Cn4ccc5c(=S)[nH]c(=O)n(c54)C(O3)C2O1.CC1(C)OC2C3Cn4ccc5c(N)nc(=O)n(c54)C(O3)C2O1.Nc1nc(=O)n2c3c1ccn3CC1OC2C(O)C1O. The Labute approximate surface area is 481 Å². The number of aromatic amines is 2. The lowest BCUT2D eigenvalue weighted by molar-refractivity contribution is -0.196. The second-order valence-electron chi connectivity index (χ2n) is 24.3. The first kappa shape index (κ1) is 53.3. The van der Waals surface area contributed by atoms with E-state index in [9.17, 15) is 34.2 Å². The van der Waals surface area contributed by atoms with Gasteiger partial charge in [0.05, 0.1) is 47.7 Å². The first-order valence-corrected chi connectivity index (χ1v) is 28.3. The summed E-state index contributed by atoms with van der Waals surface area (Å²) in [7, 11) is 0. The lowest BCUT2D eigenvalue weighted by Crippen LogP contribution is -2.39. The van der Waals surface area contributed by atoms with Crippen molar-refractivity contribution < 1.29 is 57.6 Å². The summed E-state index contributed by atoms with van der Waals surface area (Å²) in [5.41, 5.74) is 12.1. The molecule has 8 aromatic heterocycles. The Bertz CT molecular complexity index is 4400. The largest absolute Gasteiger partial charge is 0.387 e. The Hall–Kier alpha value is -7.18. The van der Waals surface area contributed by atoms with E-state index in [1.54, 1.807) is 38.2 Å². The molecule has 32 heteroatoms. The lowest BCUT2D eigenvalue weighted by Gasteiger charge is -2.23. The number of aliphatic hydroxyl groups excluding tert-OH is 2. The van der Waals surface area contributed by atoms with Crippen molar-refractivity contribution in [2.75, 3.05) is 11.5 Å². The molecule has 19 heterocycles. The monoisotopic (exact) mass is 1190 g/mol. The Morgan fingerprint density at radius 2 is 0.812 bits per heavy atom. The van der Waals surface area contributed by atoms with Gasteiger partial charge in [-0.2, -0.15) is 9.97 Å². The number of hydrogen-bond donors (Lipinski definition) is 6. The van der Waals surface area contributed by atoms with Crippen LogP contribution < -0.4 is 39.8 Å². The number of rotatable bonds is 0. The zero-order chi connectivity index (χ0) is 59.0. The molecule has 0 aliphatic carbocycles. The molecule has 31 nitrogen and oxygen atoms in total. The zero-order valence-electron chi connectivity index (χ0n) is 46.2. The van der Waals surface area contributed by atoms with Gasteiger partial charge in [-0.25, -0.2) is 37.4 Å². The van der Waals surface area contributed by atoms with E-state index in [0.29, 0.717) is 52.9 Å². The molecule has 8 aromatic rings. The van der Waals surface area contributed by atoms with Crippen LogP contribution in [0, 0.1) is 4.64 Å². The summed E-state index contributed by atoms with van der Waals surface area (Å²) in [6, 6.07) is 7.28. The lowest BCUT2D eigenvalue weighted by atomic mass is 10.1. The molecule has 8 bridgehead atoms. The number of hydrogen-bond acceptors (Lipinski definition) is 22. The molecule has 85 heavy (non-hydrogen) atoms. The average molecular weight is 1200 g/mol. The number of fused-ring (bicyclic) bond motifs is 21. The van der Waals surface area contributed by atoms with Gasteiger partial charge in [0.15, 0.2) is 42.3 Å². The Morgan fingerprint density at radius 3 is 1.27 bits per heavy atom. The minimum Gasteiger partial charge on any atom is -0.387 e. The highest BCUT2D eigenvalue weighted by molar-refractivity contribution is 7.71. The molecule has 11 aliphatic heterocycles. The molecule has 11 aliphatic rings. The number of ether oxygens (including phenoxy) is 10. The van der Waals surface area contributed by atoms with E-state index in [1.165, 1.54) is 9.13 Å². The molecule has 0 saturated carbocycles. The van der Waals surface area contributed by atoms with Crippen LogP contribution in [0.25, 0.3) is 44.1 Å². The average Bonchev–Trinajstić information content (AvgIpc) is 1.94. The number of aromatic nitrogens is 12. The highest BCUT2D eigenvalue weighted by Crippen LogP contribution is 2.49. The third-order valence-corrected chi connectivity index (χ3v) is 18.0. The number of anilines is 2. The number of aliphatic hydroxyl groups is 2. The second kappa shape index (κ2) is 18.0. The molecule has 0 spiro atoms. The third-order valence-electron chi connectivity index (χ3n) is 17.7. The maximum absolute atomic E-state index is 12.5. The van der Waals surface area contributed by atoms with Crippen LogP contribution in [0.3, 0.4) is 0 Å². The number of H-pyrrole nitrogens is 2. The number of nitrogens with one attached hydrogen (secondary N) is 2. The summed E-state index contributed by atoms with van der Waals surface area (Å²) < 4.78 is 73.5. The molecular weight excluding hydrogens is 1140 g/mol. The van der Waals surface area contributed by atoms with Gasteiger partial charge in [-0.1, -0.05) is 12.2 Å². The number of nitrogens with two attached hydrogens (primary N) is 2. The summed E-state index contributed by atoms with van der Waals surface area (Å²) >= 11 is 5.27. The summed E-state index contributed by atoms with van der Waals surface area (Å²) in [4.78, 5) is 74.1. The first-order chi connectivity index (χ1) is 40.4. The van der Waals surface area contributed by atoms with E-state index in [1.807, 2.05) is 79.8 Å². The van der Waals surface area contributed by atoms with Gasteiger partial charge in [-0.15, -0.1) is 0 Å². The molecular formula is C53H58N14O17S. The van der Waals surface area contributed by atoms with Crippen LogP contribution in [-0.4, -0.2) is 157 Å². The summed E-state index contributed by atoms with van der Waals surface area (Å²) in [6.07, 6.45) is -0.0592. The fraction of sp³-hybridized carbons (Fsp3) is 0.547. The molecule has 0 radical (unpaired) electrons. The van der Waals surface area contributed by atoms with E-state index in [2.05, 4.69) is 19.9 Å². The summed E-state index contributed by atoms with van der Waals surface area (Å²) in [5.74, 6) is -1.66. The minimum atomic E-state index is -1.15. The van der Waals surface area contributed by atoms with Crippen molar-refractivity contribution in [1.82, 2.24) is 56.5 Å². The highest BCUT2D eigenvalue weighted by atomic mass is 32.1. The molecule has 7 fully saturated rings. The molecule has 19 rings (SSSR count).